The number of hydrogen-bond acceptors (Lipinski definition) is 3. The lowest BCUT2D eigenvalue weighted by molar-refractivity contribution is -0.128. The van der Waals surface area contributed by atoms with Gasteiger partial charge in [0.05, 0.1) is 11.3 Å². The number of rotatable bonds is 3. The highest BCUT2D eigenvalue weighted by molar-refractivity contribution is 6.18. The molecule has 2 aromatic carbocycles. The van der Waals surface area contributed by atoms with Crippen LogP contribution in [0.3, 0.4) is 0 Å². The van der Waals surface area contributed by atoms with Gasteiger partial charge in [-0.2, -0.15) is 0 Å². The van der Waals surface area contributed by atoms with Crippen LogP contribution in [0.4, 0.5) is 15.8 Å². The van der Waals surface area contributed by atoms with Gasteiger partial charge >= 0.3 is 0 Å². The molecule has 0 unspecified atom stereocenters. The third-order valence-corrected chi connectivity index (χ3v) is 5.16. The first-order valence-electron chi connectivity index (χ1n) is 8.80. The summed E-state index contributed by atoms with van der Waals surface area (Å²) >= 11 is 0. The highest BCUT2D eigenvalue weighted by atomic mass is 19.1. The first-order valence-corrected chi connectivity index (χ1v) is 8.80. The molecular weight excluding hydrogens is 349 g/mol. The van der Waals surface area contributed by atoms with Crippen molar-refractivity contribution in [3.05, 3.63) is 59.9 Å². The molecule has 0 saturated carbocycles. The number of nitrogens with one attached hydrogen (secondary N) is 1. The van der Waals surface area contributed by atoms with Crippen LogP contribution in [0.15, 0.2) is 48.5 Å². The van der Waals surface area contributed by atoms with Crippen molar-refractivity contribution >= 4 is 29.1 Å². The third kappa shape index (κ3) is 2.42. The van der Waals surface area contributed by atoms with E-state index in [4.69, 9.17) is 0 Å². The summed E-state index contributed by atoms with van der Waals surface area (Å²) < 4.78 is 13.2. The van der Waals surface area contributed by atoms with Crippen molar-refractivity contribution in [2.24, 2.45) is 0 Å². The summed E-state index contributed by atoms with van der Waals surface area (Å²) in [4.78, 5) is 42.0. The second kappa shape index (κ2) is 6.19. The summed E-state index contributed by atoms with van der Waals surface area (Å²) in [7, 11) is 0. The van der Waals surface area contributed by atoms with Crippen molar-refractivity contribution in [1.29, 1.82) is 0 Å². The largest absolute Gasteiger partial charge is 0.322 e. The Morgan fingerprint density at radius 3 is 2.56 bits per heavy atom. The predicted molar refractivity (Wildman–Crippen MR) is 97.6 cm³/mol. The molecule has 6 nitrogen and oxygen atoms in total. The number of para-hydroxylation sites is 1. The minimum Gasteiger partial charge on any atom is -0.322 e. The van der Waals surface area contributed by atoms with Crippen molar-refractivity contribution < 1.29 is 18.8 Å². The van der Waals surface area contributed by atoms with E-state index in [0.29, 0.717) is 16.9 Å². The molecule has 138 valence electrons. The van der Waals surface area contributed by atoms with Gasteiger partial charge in [-0.25, -0.2) is 4.39 Å². The summed E-state index contributed by atoms with van der Waals surface area (Å²) in [6.45, 7) is 2.05. The Bertz CT molecular complexity index is 944. The standard InChI is InChI=1S/C20H18FN3O3/c1-2-23-18(26)15-5-3-4-6-16(15)24-17(25)11-12-20(23,24)19(27)22-14-9-7-13(21)8-10-14/h3-10H,2,11-12H2,1H3,(H,22,27)/t20-/m0/s1. The molecule has 0 aromatic heterocycles. The minimum atomic E-state index is -1.42. The normalized spacial score (nSPS) is 21.1. The third-order valence-electron chi connectivity index (χ3n) is 5.16. The molecule has 2 aliphatic heterocycles. The van der Waals surface area contributed by atoms with Crippen LogP contribution in [-0.4, -0.2) is 34.8 Å². The topological polar surface area (TPSA) is 69.7 Å². The van der Waals surface area contributed by atoms with E-state index >= 15 is 0 Å². The van der Waals surface area contributed by atoms with Gasteiger partial charge in [-0.15, -0.1) is 0 Å². The molecule has 27 heavy (non-hydrogen) atoms. The number of carbonyl (C=O) groups is 3. The lowest BCUT2D eigenvalue weighted by Crippen LogP contribution is -2.69. The quantitative estimate of drug-likeness (QED) is 0.907. The highest BCUT2D eigenvalue weighted by Crippen LogP contribution is 2.44. The fourth-order valence-corrected chi connectivity index (χ4v) is 3.97. The molecule has 3 amide bonds. The molecule has 1 N–H and O–H groups in total. The summed E-state index contributed by atoms with van der Waals surface area (Å²) in [6, 6.07) is 12.2. The Morgan fingerprint density at radius 2 is 1.85 bits per heavy atom. The molecule has 4 rings (SSSR count). The Balaban J connectivity index is 1.82. The van der Waals surface area contributed by atoms with Gasteiger partial charge in [-0.1, -0.05) is 12.1 Å². The van der Waals surface area contributed by atoms with Gasteiger partial charge in [0.2, 0.25) is 11.6 Å². The Kier molecular flexibility index (Phi) is 3.95. The highest BCUT2D eigenvalue weighted by Gasteiger charge is 2.60. The van der Waals surface area contributed by atoms with Crippen LogP contribution in [-0.2, 0) is 9.59 Å². The van der Waals surface area contributed by atoms with Crippen molar-refractivity contribution in [1.82, 2.24) is 4.90 Å². The Morgan fingerprint density at radius 1 is 1.15 bits per heavy atom. The summed E-state index contributed by atoms with van der Waals surface area (Å²) in [5.41, 5.74) is -0.174. The van der Waals surface area contributed by atoms with Gasteiger partial charge in [0.15, 0.2) is 0 Å². The van der Waals surface area contributed by atoms with E-state index in [9.17, 15) is 18.8 Å². The molecule has 1 atom stereocenters. The van der Waals surface area contributed by atoms with Crippen LogP contribution in [0.1, 0.15) is 30.1 Å². The fourth-order valence-electron chi connectivity index (χ4n) is 3.97. The number of benzene rings is 2. The molecule has 1 fully saturated rings. The number of hydrogen-bond donors (Lipinski definition) is 1. The van der Waals surface area contributed by atoms with Crippen molar-refractivity contribution in [2.45, 2.75) is 25.4 Å². The fraction of sp³-hybridized carbons (Fsp3) is 0.250. The van der Waals surface area contributed by atoms with Crippen molar-refractivity contribution in [3.8, 4) is 0 Å². The van der Waals surface area contributed by atoms with Crippen LogP contribution in [0, 0.1) is 5.82 Å². The first kappa shape index (κ1) is 17.2. The maximum Gasteiger partial charge on any atom is 0.271 e. The predicted octanol–water partition coefficient (Wildman–Crippen LogP) is 2.76. The zero-order chi connectivity index (χ0) is 19.2. The molecular formula is C20H18FN3O3. The average Bonchev–Trinajstić information content (AvgIpc) is 3.02. The molecule has 2 aromatic rings. The van der Waals surface area contributed by atoms with Crippen LogP contribution < -0.4 is 10.2 Å². The maximum atomic E-state index is 13.3. The lowest BCUT2D eigenvalue weighted by atomic mass is 9.95. The average molecular weight is 367 g/mol. The van der Waals surface area contributed by atoms with Crippen molar-refractivity contribution in [2.75, 3.05) is 16.8 Å². The second-order valence-electron chi connectivity index (χ2n) is 6.57. The van der Waals surface area contributed by atoms with E-state index in [1.54, 1.807) is 31.2 Å². The molecule has 0 bridgehead atoms. The maximum absolute atomic E-state index is 13.3. The van der Waals surface area contributed by atoms with E-state index in [0.717, 1.165) is 0 Å². The van der Waals surface area contributed by atoms with E-state index in [1.807, 2.05) is 0 Å². The van der Waals surface area contributed by atoms with Gasteiger partial charge in [-0.3, -0.25) is 19.3 Å². The van der Waals surface area contributed by atoms with Gasteiger partial charge in [0.1, 0.15) is 5.82 Å². The van der Waals surface area contributed by atoms with E-state index in [2.05, 4.69) is 5.32 Å². The van der Waals surface area contributed by atoms with Gasteiger partial charge < -0.3 is 10.2 Å². The first-order chi connectivity index (χ1) is 13.0. The van der Waals surface area contributed by atoms with E-state index in [1.165, 1.54) is 34.1 Å². The summed E-state index contributed by atoms with van der Waals surface area (Å²) in [5.74, 6) is -1.39. The number of nitrogens with zero attached hydrogens (tertiary/aromatic N) is 2. The van der Waals surface area contributed by atoms with E-state index in [-0.39, 0.29) is 31.2 Å². The van der Waals surface area contributed by atoms with Gasteiger partial charge in [0, 0.05) is 25.1 Å². The molecule has 0 aliphatic carbocycles. The Labute approximate surface area is 155 Å². The number of carbonyl (C=O) groups excluding carboxylic acids is 3. The number of amides is 3. The zero-order valence-corrected chi connectivity index (χ0v) is 14.7. The summed E-state index contributed by atoms with van der Waals surface area (Å²) in [6.07, 6.45) is 0.363. The van der Waals surface area contributed by atoms with Crippen molar-refractivity contribution in [3.63, 3.8) is 0 Å². The molecule has 0 spiro atoms. The molecule has 1 saturated heterocycles. The summed E-state index contributed by atoms with van der Waals surface area (Å²) in [5, 5.41) is 2.74. The number of anilines is 2. The van der Waals surface area contributed by atoms with Crippen LogP contribution in [0.5, 0.6) is 0 Å². The van der Waals surface area contributed by atoms with E-state index < -0.39 is 17.4 Å². The minimum absolute atomic E-state index is 0.162. The second-order valence-corrected chi connectivity index (χ2v) is 6.57. The molecule has 7 heteroatoms. The molecule has 2 aliphatic rings. The number of fused-ring (bicyclic) bond motifs is 3. The molecule has 0 radical (unpaired) electrons. The smallest absolute Gasteiger partial charge is 0.271 e. The van der Waals surface area contributed by atoms with Crippen LogP contribution >= 0.6 is 0 Å². The molecule has 2 heterocycles. The zero-order valence-electron chi connectivity index (χ0n) is 14.7. The Hall–Kier alpha value is -3.22. The van der Waals surface area contributed by atoms with Gasteiger partial charge in [-0.05, 0) is 43.3 Å². The monoisotopic (exact) mass is 367 g/mol. The SMILES string of the molecule is CCN1C(=O)c2ccccc2N2C(=O)CC[C@]12C(=O)Nc1ccc(F)cc1. The van der Waals surface area contributed by atoms with Gasteiger partial charge in [0.25, 0.3) is 11.8 Å². The number of likely N-dealkylation sites (N-methyl/N-ethyl adjacent to an activating group) is 1. The lowest BCUT2D eigenvalue weighted by Gasteiger charge is -2.48. The van der Waals surface area contributed by atoms with Crippen LogP contribution in [0.2, 0.25) is 0 Å². The van der Waals surface area contributed by atoms with Crippen LogP contribution in [0.25, 0.3) is 0 Å². The number of halogens is 1.